The van der Waals surface area contributed by atoms with Gasteiger partial charge in [0.1, 0.15) is 0 Å². The van der Waals surface area contributed by atoms with E-state index in [0.717, 1.165) is 28.2 Å². The Morgan fingerprint density at radius 1 is 1.04 bits per heavy atom. The lowest BCUT2D eigenvalue weighted by atomic mass is 10.0. The Morgan fingerprint density at radius 3 is 2.46 bits per heavy atom. The molecule has 0 atom stereocenters. The number of carbonyl (C=O) groups is 1. The molecule has 146 valence electrons. The van der Waals surface area contributed by atoms with Gasteiger partial charge in [-0.1, -0.05) is 51.2 Å². The molecule has 0 saturated carbocycles. The minimum absolute atomic E-state index is 0.339. The van der Waals surface area contributed by atoms with E-state index in [2.05, 4.69) is 59.6 Å². The van der Waals surface area contributed by atoms with Crippen LogP contribution in [0.5, 0.6) is 0 Å². The fraction of sp³-hybridized carbons (Fsp3) is 0.333. The van der Waals surface area contributed by atoms with Gasteiger partial charge in [0.2, 0.25) is 5.13 Å². The number of anilines is 2. The van der Waals surface area contributed by atoms with E-state index in [1.54, 1.807) is 6.20 Å². The molecule has 0 unspecified atom stereocenters. The van der Waals surface area contributed by atoms with Gasteiger partial charge in [-0.25, -0.2) is 4.79 Å². The Morgan fingerprint density at radius 2 is 1.79 bits per heavy atom. The van der Waals surface area contributed by atoms with Crippen LogP contribution in [-0.4, -0.2) is 21.2 Å². The number of rotatable bonds is 6. The molecule has 0 saturated heterocycles. The van der Waals surface area contributed by atoms with Gasteiger partial charge in [0.05, 0.1) is 0 Å². The molecule has 2 aromatic heterocycles. The van der Waals surface area contributed by atoms with Crippen LogP contribution < -0.4 is 10.6 Å². The summed E-state index contributed by atoms with van der Waals surface area (Å²) < 4.78 is 0. The van der Waals surface area contributed by atoms with Crippen LogP contribution in [0.3, 0.4) is 0 Å². The lowest BCUT2D eigenvalue weighted by molar-refractivity contribution is 0.262. The Bertz CT molecular complexity index is 934. The van der Waals surface area contributed by atoms with Crippen molar-refractivity contribution in [3.8, 4) is 10.6 Å². The summed E-state index contributed by atoms with van der Waals surface area (Å²) in [6.45, 7) is 8.61. The number of pyridine rings is 1. The van der Waals surface area contributed by atoms with Crippen LogP contribution in [-0.2, 0) is 6.42 Å². The fourth-order valence-corrected chi connectivity index (χ4v) is 3.46. The quantitative estimate of drug-likeness (QED) is 0.572. The Balaban J connectivity index is 1.62. The summed E-state index contributed by atoms with van der Waals surface area (Å²) in [7, 11) is 0. The Hall–Kier alpha value is -2.80. The van der Waals surface area contributed by atoms with Crippen molar-refractivity contribution in [2.45, 2.75) is 40.0 Å². The first kappa shape index (κ1) is 19.9. The van der Waals surface area contributed by atoms with E-state index in [1.807, 2.05) is 30.5 Å². The van der Waals surface area contributed by atoms with Gasteiger partial charge in [0, 0.05) is 23.6 Å². The van der Waals surface area contributed by atoms with E-state index in [4.69, 9.17) is 0 Å². The normalized spacial score (nSPS) is 11.1. The lowest BCUT2D eigenvalue weighted by Crippen LogP contribution is -2.19. The molecule has 2 N–H and O–H groups in total. The standard InChI is InChI=1S/C21H25N5OS/c1-13(2)9-15-5-7-18(8-6-15)23-20(27)24-21-26-25-19(28-21)17-10-16(14(3)4)11-22-12-17/h5-8,10-14H,9H2,1-4H3,(H2,23,24,26,27). The molecule has 7 heteroatoms. The van der Waals surface area contributed by atoms with Crippen molar-refractivity contribution >= 4 is 28.2 Å². The van der Waals surface area contributed by atoms with Crippen molar-refractivity contribution in [3.63, 3.8) is 0 Å². The zero-order valence-electron chi connectivity index (χ0n) is 16.6. The van der Waals surface area contributed by atoms with Gasteiger partial charge in [-0.15, -0.1) is 10.2 Å². The first-order valence-electron chi connectivity index (χ1n) is 9.36. The third-order valence-electron chi connectivity index (χ3n) is 4.17. The molecule has 0 radical (unpaired) electrons. The summed E-state index contributed by atoms with van der Waals surface area (Å²) in [6.07, 6.45) is 4.64. The molecule has 6 nitrogen and oxygen atoms in total. The van der Waals surface area contributed by atoms with E-state index in [-0.39, 0.29) is 6.03 Å². The highest BCUT2D eigenvalue weighted by Gasteiger charge is 2.11. The number of carbonyl (C=O) groups excluding carboxylic acids is 1. The summed E-state index contributed by atoms with van der Waals surface area (Å²) in [5.74, 6) is 0.987. The summed E-state index contributed by atoms with van der Waals surface area (Å²) in [4.78, 5) is 16.5. The van der Waals surface area contributed by atoms with Crippen LogP contribution in [0.1, 0.15) is 44.7 Å². The average molecular weight is 396 g/mol. The molecule has 2 heterocycles. The SMILES string of the molecule is CC(C)Cc1ccc(NC(=O)Nc2nnc(-c3cncc(C(C)C)c3)s2)cc1. The predicted molar refractivity (Wildman–Crippen MR) is 115 cm³/mol. The first-order valence-corrected chi connectivity index (χ1v) is 10.2. The molecule has 0 aliphatic carbocycles. The summed E-state index contributed by atoms with van der Waals surface area (Å²) in [6, 6.07) is 9.60. The number of urea groups is 1. The topological polar surface area (TPSA) is 79.8 Å². The number of nitrogens with zero attached hydrogens (tertiary/aromatic N) is 3. The van der Waals surface area contributed by atoms with Gasteiger partial charge < -0.3 is 5.32 Å². The number of aromatic nitrogens is 3. The highest BCUT2D eigenvalue weighted by Crippen LogP contribution is 2.28. The van der Waals surface area contributed by atoms with Crippen LogP contribution in [0, 0.1) is 5.92 Å². The summed E-state index contributed by atoms with van der Waals surface area (Å²) >= 11 is 1.32. The van der Waals surface area contributed by atoms with Crippen molar-refractivity contribution in [1.29, 1.82) is 0 Å². The van der Waals surface area contributed by atoms with E-state index in [9.17, 15) is 4.79 Å². The van der Waals surface area contributed by atoms with Gasteiger partial charge in [-0.2, -0.15) is 0 Å². The predicted octanol–water partition coefficient (Wildman–Crippen LogP) is 5.57. The smallest absolute Gasteiger partial charge is 0.308 e. The first-order chi connectivity index (χ1) is 13.4. The van der Waals surface area contributed by atoms with Crippen LogP contribution >= 0.6 is 11.3 Å². The largest absolute Gasteiger partial charge is 0.325 e. The molecule has 0 spiro atoms. The second-order valence-electron chi connectivity index (χ2n) is 7.45. The zero-order valence-corrected chi connectivity index (χ0v) is 17.4. The van der Waals surface area contributed by atoms with Gasteiger partial charge in [-0.05, 0) is 47.6 Å². The minimum Gasteiger partial charge on any atom is -0.308 e. The third kappa shape index (κ3) is 5.36. The average Bonchev–Trinajstić information content (AvgIpc) is 3.11. The van der Waals surface area contributed by atoms with E-state index in [1.165, 1.54) is 16.9 Å². The molecule has 2 amide bonds. The maximum Gasteiger partial charge on any atom is 0.325 e. The van der Waals surface area contributed by atoms with E-state index in [0.29, 0.717) is 17.0 Å². The van der Waals surface area contributed by atoms with Crippen molar-refractivity contribution in [3.05, 3.63) is 53.9 Å². The zero-order chi connectivity index (χ0) is 20.1. The van der Waals surface area contributed by atoms with Gasteiger partial charge in [0.25, 0.3) is 0 Å². The van der Waals surface area contributed by atoms with E-state index >= 15 is 0 Å². The van der Waals surface area contributed by atoms with Gasteiger partial charge >= 0.3 is 6.03 Å². The number of amides is 2. The van der Waals surface area contributed by atoms with Crippen LogP contribution in [0.4, 0.5) is 15.6 Å². The van der Waals surface area contributed by atoms with Crippen LogP contribution in [0.2, 0.25) is 0 Å². The van der Waals surface area contributed by atoms with Crippen molar-refractivity contribution in [2.24, 2.45) is 5.92 Å². The number of benzene rings is 1. The minimum atomic E-state index is -0.339. The molecule has 3 rings (SSSR count). The monoisotopic (exact) mass is 395 g/mol. The molecule has 3 aromatic rings. The maximum absolute atomic E-state index is 12.2. The van der Waals surface area contributed by atoms with Crippen molar-refractivity contribution in [2.75, 3.05) is 10.6 Å². The fourth-order valence-electron chi connectivity index (χ4n) is 2.74. The Kier molecular flexibility index (Phi) is 6.36. The maximum atomic E-state index is 12.2. The molecule has 0 aliphatic heterocycles. The number of nitrogens with one attached hydrogen (secondary N) is 2. The molecule has 28 heavy (non-hydrogen) atoms. The summed E-state index contributed by atoms with van der Waals surface area (Å²) in [5, 5.41) is 15.0. The molecular weight excluding hydrogens is 370 g/mol. The van der Waals surface area contributed by atoms with Crippen molar-refractivity contribution in [1.82, 2.24) is 15.2 Å². The van der Waals surface area contributed by atoms with Gasteiger partial charge in [-0.3, -0.25) is 10.3 Å². The molecule has 0 fully saturated rings. The lowest BCUT2D eigenvalue weighted by Gasteiger charge is -2.08. The molecular formula is C21H25N5OS. The molecule has 0 bridgehead atoms. The van der Waals surface area contributed by atoms with Crippen LogP contribution in [0.15, 0.2) is 42.7 Å². The van der Waals surface area contributed by atoms with Crippen molar-refractivity contribution < 1.29 is 4.79 Å². The second kappa shape index (κ2) is 8.93. The third-order valence-corrected chi connectivity index (χ3v) is 5.06. The second-order valence-corrected chi connectivity index (χ2v) is 8.43. The molecule has 0 aliphatic rings. The highest BCUT2D eigenvalue weighted by atomic mass is 32.1. The Labute approximate surface area is 169 Å². The molecule has 1 aromatic carbocycles. The summed E-state index contributed by atoms with van der Waals surface area (Å²) in [5.41, 5.74) is 4.04. The number of hydrogen-bond acceptors (Lipinski definition) is 5. The van der Waals surface area contributed by atoms with Gasteiger partial charge in [0.15, 0.2) is 5.01 Å². The van der Waals surface area contributed by atoms with E-state index < -0.39 is 0 Å². The van der Waals surface area contributed by atoms with Crippen LogP contribution in [0.25, 0.3) is 10.6 Å². The highest BCUT2D eigenvalue weighted by molar-refractivity contribution is 7.18. The number of hydrogen-bond donors (Lipinski definition) is 2.